The van der Waals surface area contributed by atoms with Crippen molar-refractivity contribution >= 4 is 27.3 Å². The summed E-state index contributed by atoms with van der Waals surface area (Å²) in [6, 6.07) is 1.50. The van der Waals surface area contributed by atoms with E-state index >= 15 is 0 Å². The van der Waals surface area contributed by atoms with Crippen molar-refractivity contribution in [3.8, 4) is 0 Å². The van der Waals surface area contributed by atoms with Crippen LogP contribution < -0.4 is 10.0 Å². The van der Waals surface area contributed by atoms with Crippen molar-refractivity contribution < 1.29 is 17.9 Å². The molecule has 0 saturated carbocycles. The molecule has 6 nitrogen and oxygen atoms in total. The van der Waals surface area contributed by atoms with Gasteiger partial charge < -0.3 is 10.1 Å². The third-order valence-electron chi connectivity index (χ3n) is 4.10. The molecule has 1 unspecified atom stereocenters. The molecule has 1 aliphatic rings. The lowest BCUT2D eigenvalue weighted by atomic mass is 9.78. The molecule has 1 aromatic rings. The first-order valence-electron chi connectivity index (χ1n) is 7.17. The van der Waals surface area contributed by atoms with E-state index in [1.807, 2.05) is 0 Å². The fourth-order valence-electron chi connectivity index (χ4n) is 2.64. The molecule has 1 atom stereocenters. The molecule has 1 aromatic heterocycles. The molecule has 0 amide bonds. The highest BCUT2D eigenvalue weighted by atomic mass is 32.2. The molecule has 0 aromatic carbocycles. The topological polar surface area (TPSA) is 84.5 Å². The van der Waals surface area contributed by atoms with E-state index in [1.54, 1.807) is 5.38 Å². The number of nitrogens with one attached hydrogen (secondary N) is 2. The molecule has 124 valence electrons. The average molecular weight is 346 g/mol. The van der Waals surface area contributed by atoms with Gasteiger partial charge >= 0.3 is 5.97 Å². The summed E-state index contributed by atoms with van der Waals surface area (Å²) in [7, 11) is -2.50. The third-order valence-corrected chi connectivity index (χ3v) is 6.59. The lowest BCUT2D eigenvalue weighted by molar-refractivity contribution is 0.0602. The number of piperidine rings is 1. The summed E-state index contributed by atoms with van der Waals surface area (Å²) < 4.78 is 32.1. The Bertz CT molecular complexity index is 637. The van der Waals surface area contributed by atoms with Crippen LogP contribution in [0, 0.1) is 5.41 Å². The van der Waals surface area contributed by atoms with Crippen molar-refractivity contribution in [1.29, 1.82) is 0 Å². The fourth-order valence-corrected chi connectivity index (χ4v) is 5.02. The molecule has 2 N–H and O–H groups in total. The molecule has 2 rings (SSSR count). The molecule has 0 spiro atoms. The molecular formula is C14H22N2O4S2. The van der Waals surface area contributed by atoms with Crippen molar-refractivity contribution in [2.24, 2.45) is 5.41 Å². The summed E-state index contributed by atoms with van der Waals surface area (Å²) >= 11 is 1.06. The number of rotatable bonds is 5. The van der Waals surface area contributed by atoms with E-state index in [-0.39, 0.29) is 21.2 Å². The van der Waals surface area contributed by atoms with Crippen LogP contribution in [0.4, 0.5) is 0 Å². The van der Waals surface area contributed by atoms with Crippen LogP contribution in [-0.4, -0.2) is 40.6 Å². The number of esters is 1. The number of carbonyl (C=O) groups excluding carboxylic acids is 1. The minimum Gasteiger partial charge on any atom is -0.465 e. The van der Waals surface area contributed by atoms with Crippen molar-refractivity contribution in [2.75, 3.05) is 20.2 Å². The van der Waals surface area contributed by atoms with Gasteiger partial charge in [-0.3, -0.25) is 0 Å². The quantitative estimate of drug-likeness (QED) is 0.791. The highest BCUT2D eigenvalue weighted by molar-refractivity contribution is 7.89. The Morgan fingerprint density at radius 2 is 2.27 bits per heavy atom. The van der Waals surface area contributed by atoms with Crippen LogP contribution in [0.1, 0.15) is 36.4 Å². The molecule has 1 aliphatic heterocycles. The summed E-state index contributed by atoms with van der Waals surface area (Å²) in [4.78, 5) is 11.7. The van der Waals surface area contributed by atoms with Crippen LogP contribution in [0.3, 0.4) is 0 Å². The predicted octanol–water partition coefficient (Wildman–Crippen LogP) is 1.59. The third kappa shape index (κ3) is 3.68. The summed E-state index contributed by atoms with van der Waals surface area (Å²) in [6.07, 6.45) is 2.14. The van der Waals surface area contributed by atoms with E-state index in [2.05, 4.69) is 28.6 Å². The summed E-state index contributed by atoms with van der Waals surface area (Å²) in [5, 5.41) is 4.93. The molecule has 0 radical (unpaired) electrons. The summed E-state index contributed by atoms with van der Waals surface area (Å²) in [6.45, 7) is 5.44. The van der Waals surface area contributed by atoms with Gasteiger partial charge in [0.1, 0.15) is 9.77 Å². The highest BCUT2D eigenvalue weighted by Crippen LogP contribution is 2.30. The van der Waals surface area contributed by atoms with E-state index in [0.717, 1.165) is 30.7 Å². The maximum Gasteiger partial charge on any atom is 0.349 e. The van der Waals surface area contributed by atoms with Crippen LogP contribution in [-0.2, 0) is 14.8 Å². The van der Waals surface area contributed by atoms with Gasteiger partial charge in [-0.1, -0.05) is 13.8 Å². The zero-order valence-corrected chi connectivity index (χ0v) is 14.6. The van der Waals surface area contributed by atoms with Crippen LogP contribution in [0.25, 0.3) is 0 Å². The van der Waals surface area contributed by atoms with Gasteiger partial charge in [0.05, 0.1) is 7.11 Å². The second-order valence-corrected chi connectivity index (χ2v) is 8.71. The Hall–Kier alpha value is -0.960. The minimum absolute atomic E-state index is 0.0158. The lowest BCUT2D eigenvalue weighted by Crippen LogP contribution is -2.52. The maximum atomic E-state index is 12.4. The van der Waals surface area contributed by atoms with Crippen LogP contribution >= 0.6 is 11.3 Å². The van der Waals surface area contributed by atoms with E-state index in [0.29, 0.717) is 6.54 Å². The molecule has 22 heavy (non-hydrogen) atoms. The molecule has 8 heteroatoms. The largest absolute Gasteiger partial charge is 0.465 e. The number of ether oxygens (including phenoxy) is 1. The summed E-state index contributed by atoms with van der Waals surface area (Å²) in [5.74, 6) is -0.633. The average Bonchev–Trinajstić information content (AvgIpc) is 2.95. The zero-order valence-electron chi connectivity index (χ0n) is 13.0. The smallest absolute Gasteiger partial charge is 0.349 e. The second kappa shape index (κ2) is 6.66. The first-order chi connectivity index (χ1) is 10.3. The van der Waals surface area contributed by atoms with E-state index < -0.39 is 16.0 Å². The van der Waals surface area contributed by atoms with Crippen molar-refractivity contribution in [3.63, 3.8) is 0 Å². The van der Waals surface area contributed by atoms with Gasteiger partial charge in [0.25, 0.3) is 0 Å². The minimum atomic E-state index is -3.73. The van der Waals surface area contributed by atoms with Gasteiger partial charge in [-0.15, -0.1) is 11.3 Å². The maximum absolute atomic E-state index is 12.4. The van der Waals surface area contributed by atoms with Crippen molar-refractivity contribution in [2.45, 2.75) is 37.6 Å². The number of thiophene rings is 1. The molecule has 0 aliphatic carbocycles. The summed E-state index contributed by atoms with van der Waals surface area (Å²) in [5.41, 5.74) is 0.0284. The van der Waals surface area contributed by atoms with E-state index in [1.165, 1.54) is 13.2 Å². The standard InChI is InChI=1S/C14H22N2O4S2/c1-14(2)6-4-7-15-11(14)9-16-22(18,19)10-5-8-21-12(10)13(17)20-3/h5,8,11,15-16H,4,6-7,9H2,1-3H3. The van der Waals surface area contributed by atoms with Gasteiger partial charge in [0.2, 0.25) is 10.0 Å². The van der Waals surface area contributed by atoms with Gasteiger partial charge in [-0.05, 0) is 36.2 Å². The van der Waals surface area contributed by atoms with Crippen molar-refractivity contribution in [1.82, 2.24) is 10.0 Å². The number of carbonyl (C=O) groups is 1. The first-order valence-corrected chi connectivity index (χ1v) is 9.53. The van der Waals surface area contributed by atoms with E-state index in [9.17, 15) is 13.2 Å². The van der Waals surface area contributed by atoms with Crippen molar-refractivity contribution in [3.05, 3.63) is 16.3 Å². The van der Waals surface area contributed by atoms with Gasteiger partial charge in [0.15, 0.2) is 0 Å². The zero-order chi connectivity index (χ0) is 16.4. The molecule has 2 heterocycles. The molecule has 0 bridgehead atoms. The van der Waals surface area contributed by atoms with Gasteiger partial charge in [-0.25, -0.2) is 17.9 Å². The molecule has 1 fully saturated rings. The van der Waals surface area contributed by atoms with Gasteiger partial charge in [-0.2, -0.15) is 0 Å². The Morgan fingerprint density at radius 1 is 1.55 bits per heavy atom. The van der Waals surface area contributed by atoms with Crippen LogP contribution in [0.2, 0.25) is 0 Å². The first kappa shape index (κ1) is 17.4. The van der Waals surface area contributed by atoms with Gasteiger partial charge in [0, 0.05) is 12.6 Å². The number of methoxy groups -OCH3 is 1. The molecule has 1 saturated heterocycles. The van der Waals surface area contributed by atoms with E-state index in [4.69, 9.17) is 0 Å². The monoisotopic (exact) mass is 346 g/mol. The normalized spacial score (nSPS) is 21.5. The Balaban J connectivity index is 2.12. The lowest BCUT2D eigenvalue weighted by Gasteiger charge is -2.39. The second-order valence-electron chi connectivity index (χ2n) is 6.06. The van der Waals surface area contributed by atoms with Crippen LogP contribution in [0.5, 0.6) is 0 Å². The predicted molar refractivity (Wildman–Crippen MR) is 85.7 cm³/mol. The van der Waals surface area contributed by atoms with Crippen LogP contribution in [0.15, 0.2) is 16.3 Å². The SMILES string of the molecule is COC(=O)c1sccc1S(=O)(=O)NCC1NCCCC1(C)C. The Kier molecular flexibility index (Phi) is 5.26. The number of hydrogen-bond donors (Lipinski definition) is 2. The number of hydrogen-bond acceptors (Lipinski definition) is 6. The Morgan fingerprint density at radius 3 is 2.91 bits per heavy atom. The number of sulfonamides is 1. The highest BCUT2D eigenvalue weighted by Gasteiger charge is 2.33. The molecular weight excluding hydrogens is 324 g/mol. The Labute approximate surface area is 135 Å². The fraction of sp³-hybridized carbons (Fsp3) is 0.643.